The molecular weight excluding hydrogens is 394 g/mol. The summed E-state index contributed by atoms with van der Waals surface area (Å²) in [6.07, 6.45) is 2.84. The summed E-state index contributed by atoms with van der Waals surface area (Å²) in [7, 11) is 0. The number of rotatable bonds is 2. The second-order valence-corrected chi connectivity index (χ2v) is 9.95. The molecule has 2 fully saturated rings. The van der Waals surface area contributed by atoms with Crippen LogP contribution in [0.1, 0.15) is 81.2 Å². The molecule has 5 rings (SSSR count). The van der Waals surface area contributed by atoms with Crippen molar-refractivity contribution in [2.75, 3.05) is 18.9 Å². The van der Waals surface area contributed by atoms with E-state index in [1.54, 1.807) is 19.1 Å². The van der Waals surface area contributed by atoms with E-state index in [0.717, 1.165) is 35.1 Å². The minimum absolute atomic E-state index is 0.00638. The fourth-order valence-electron chi connectivity index (χ4n) is 7.01. The quantitative estimate of drug-likeness (QED) is 0.629. The number of ketones is 1. The van der Waals surface area contributed by atoms with Gasteiger partial charge in [-0.3, -0.25) is 4.79 Å². The molecule has 4 aliphatic carbocycles. The molecule has 0 aromatic heterocycles. The van der Waals surface area contributed by atoms with Gasteiger partial charge in [0.1, 0.15) is 5.60 Å². The molecular formula is C29H35NO2. The Morgan fingerprint density at radius 2 is 2.00 bits per heavy atom. The second-order valence-electron chi connectivity index (χ2n) is 9.95. The Hall–Kier alpha value is -2.31. The molecule has 1 aromatic rings. The molecule has 0 unspecified atom stereocenters. The summed E-state index contributed by atoms with van der Waals surface area (Å²) in [5.74, 6) is 5.50. The lowest BCUT2D eigenvalue weighted by Gasteiger charge is -2.53. The number of hydrogen-bond acceptors (Lipinski definition) is 3. The predicted molar refractivity (Wildman–Crippen MR) is 129 cm³/mol. The van der Waals surface area contributed by atoms with Crippen LogP contribution in [-0.4, -0.2) is 30.4 Å². The zero-order valence-electron chi connectivity index (χ0n) is 26.7. The summed E-state index contributed by atoms with van der Waals surface area (Å²) < 4.78 is 63.5. The second kappa shape index (κ2) is 7.63. The smallest absolute Gasteiger partial charge is 0.156 e. The van der Waals surface area contributed by atoms with Crippen molar-refractivity contribution in [3.05, 3.63) is 52.6 Å². The normalized spacial score (nSPS) is 41.9. The van der Waals surface area contributed by atoms with Crippen LogP contribution in [0.5, 0.6) is 0 Å². The van der Waals surface area contributed by atoms with Crippen molar-refractivity contribution in [2.45, 2.75) is 70.3 Å². The van der Waals surface area contributed by atoms with Gasteiger partial charge in [0, 0.05) is 48.3 Å². The van der Waals surface area contributed by atoms with Gasteiger partial charge < -0.3 is 10.0 Å². The van der Waals surface area contributed by atoms with Crippen LogP contribution in [0, 0.1) is 29.1 Å². The van der Waals surface area contributed by atoms with Crippen molar-refractivity contribution in [3.63, 3.8) is 0 Å². The van der Waals surface area contributed by atoms with Crippen molar-refractivity contribution in [3.8, 4) is 11.8 Å². The monoisotopic (exact) mass is 437 g/mol. The fraction of sp³-hybridized carbons (Fsp3) is 0.552. The van der Waals surface area contributed by atoms with E-state index < -0.39 is 37.1 Å². The summed E-state index contributed by atoms with van der Waals surface area (Å²) in [5.41, 5.74) is 2.05. The summed E-state index contributed by atoms with van der Waals surface area (Å²) in [5, 5.41) is 11.8. The molecule has 0 heterocycles. The van der Waals surface area contributed by atoms with Gasteiger partial charge in [0.25, 0.3) is 0 Å². The summed E-state index contributed by atoms with van der Waals surface area (Å²) in [6, 6.07) is 6.52. The van der Waals surface area contributed by atoms with Crippen LogP contribution in [0.15, 0.2) is 47.1 Å². The standard InChI is InChI=1S/C29H35NO2/c1-5-15-29(32)16-14-26-24-12-8-20-17-22(31)11-13-23(20)27(24)25(18-28(26,29)2)19-6-9-21(10-7-19)30(3)4/h6-7,9-10,17,24-26,32H,8,11-14,16,18H2,1-4H3/t24-,25+,26-,28-,29-/m0/s1/i3D3,4D3,11D2. The van der Waals surface area contributed by atoms with Crippen LogP contribution in [0.4, 0.5) is 5.69 Å². The van der Waals surface area contributed by atoms with Crippen LogP contribution < -0.4 is 4.90 Å². The molecule has 0 spiro atoms. The number of fused-ring (bicyclic) bond motifs is 4. The number of benzene rings is 1. The van der Waals surface area contributed by atoms with E-state index >= 15 is 0 Å². The summed E-state index contributed by atoms with van der Waals surface area (Å²) in [6.45, 7) is -1.91. The Morgan fingerprint density at radius 3 is 2.72 bits per heavy atom. The molecule has 1 N–H and O–H groups in total. The van der Waals surface area contributed by atoms with Crippen LogP contribution in [0.2, 0.25) is 0 Å². The van der Waals surface area contributed by atoms with E-state index in [-0.39, 0.29) is 29.9 Å². The highest BCUT2D eigenvalue weighted by Crippen LogP contribution is 2.66. The first kappa shape index (κ1) is 14.1. The molecule has 5 atom stereocenters. The topological polar surface area (TPSA) is 40.5 Å². The van der Waals surface area contributed by atoms with Crippen molar-refractivity contribution in [1.29, 1.82) is 0 Å². The van der Waals surface area contributed by atoms with Crippen LogP contribution in [0.25, 0.3) is 0 Å². The zero-order valence-corrected chi connectivity index (χ0v) is 18.7. The van der Waals surface area contributed by atoms with Gasteiger partial charge in [-0.25, -0.2) is 0 Å². The van der Waals surface area contributed by atoms with Crippen molar-refractivity contribution < 1.29 is 20.9 Å². The van der Waals surface area contributed by atoms with E-state index in [1.807, 2.05) is 0 Å². The highest BCUT2D eigenvalue weighted by atomic mass is 16.3. The van der Waals surface area contributed by atoms with Crippen molar-refractivity contribution in [1.82, 2.24) is 0 Å². The number of hydrogen-bond donors (Lipinski definition) is 1. The average molecular weight is 438 g/mol. The van der Waals surface area contributed by atoms with E-state index in [9.17, 15) is 9.90 Å². The molecule has 168 valence electrons. The van der Waals surface area contributed by atoms with Gasteiger partial charge in [-0.05, 0) is 92.2 Å². The predicted octanol–water partition coefficient (Wildman–Crippen LogP) is 5.41. The Bertz CT molecular complexity index is 1330. The van der Waals surface area contributed by atoms with Gasteiger partial charge in [0.15, 0.2) is 5.78 Å². The summed E-state index contributed by atoms with van der Waals surface area (Å²) in [4.78, 5) is 13.0. The lowest BCUT2D eigenvalue weighted by Crippen LogP contribution is -2.51. The van der Waals surface area contributed by atoms with Crippen LogP contribution >= 0.6 is 0 Å². The van der Waals surface area contributed by atoms with E-state index in [4.69, 9.17) is 11.0 Å². The van der Waals surface area contributed by atoms with E-state index in [2.05, 4.69) is 18.8 Å². The Balaban J connectivity index is 1.67. The molecule has 0 saturated heterocycles. The first-order chi connectivity index (χ1) is 18.4. The molecule has 0 radical (unpaired) electrons. The molecule has 0 amide bonds. The maximum Gasteiger partial charge on any atom is 0.156 e. The van der Waals surface area contributed by atoms with Crippen molar-refractivity contribution in [2.24, 2.45) is 17.3 Å². The number of allylic oxidation sites excluding steroid dienone is 4. The third-order valence-electron chi connectivity index (χ3n) is 8.56. The molecule has 3 heteroatoms. The third-order valence-corrected chi connectivity index (χ3v) is 8.56. The first-order valence-corrected chi connectivity index (χ1v) is 11.5. The van der Waals surface area contributed by atoms with Gasteiger partial charge in [-0.2, -0.15) is 0 Å². The van der Waals surface area contributed by atoms with Gasteiger partial charge in [0.2, 0.25) is 0 Å². The molecule has 32 heavy (non-hydrogen) atoms. The Kier molecular flexibility index (Phi) is 3.35. The van der Waals surface area contributed by atoms with E-state index in [0.29, 0.717) is 24.2 Å². The Morgan fingerprint density at radius 1 is 1.22 bits per heavy atom. The number of anilines is 1. The van der Waals surface area contributed by atoms with Crippen LogP contribution in [0.3, 0.4) is 0 Å². The van der Waals surface area contributed by atoms with Gasteiger partial charge in [0.05, 0.1) is 0 Å². The number of nitrogens with zero attached hydrogens (tertiary/aromatic N) is 1. The highest BCUT2D eigenvalue weighted by Gasteiger charge is 2.62. The number of aliphatic hydroxyl groups is 1. The maximum absolute atomic E-state index is 12.5. The minimum atomic E-state index is -2.86. The zero-order chi connectivity index (χ0) is 29.5. The van der Waals surface area contributed by atoms with Crippen LogP contribution in [-0.2, 0) is 4.79 Å². The lowest BCUT2D eigenvalue weighted by atomic mass is 9.51. The van der Waals surface area contributed by atoms with Gasteiger partial charge in [-0.15, -0.1) is 5.92 Å². The van der Waals surface area contributed by atoms with Gasteiger partial charge >= 0.3 is 0 Å². The third kappa shape index (κ3) is 3.11. The molecule has 0 bridgehead atoms. The van der Waals surface area contributed by atoms with Gasteiger partial charge in [-0.1, -0.05) is 30.6 Å². The minimum Gasteiger partial charge on any atom is -0.378 e. The first-order valence-electron chi connectivity index (χ1n) is 15.5. The average Bonchev–Trinajstić information content (AvgIpc) is 3.08. The fourth-order valence-corrected chi connectivity index (χ4v) is 7.01. The molecule has 3 nitrogen and oxygen atoms in total. The Labute approximate surface area is 203 Å². The lowest BCUT2D eigenvalue weighted by molar-refractivity contribution is -0.114. The number of carbonyl (C=O) groups excluding carboxylic acids is 1. The molecule has 1 aromatic carbocycles. The highest BCUT2D eigenvalue weighted by molar-refractivity contribution is 5.93. The molecule has 4 aliphatic rings. The molecule has 2 saturated carbocycles. The molecule has 0 aliphatic heterocycles. The largest absolute Gasteiger partial charge is 0.378 e. The number of carbonyl (C=O) groups is 1. The summed E-state index contributed by atoms with van der Waals surface area (Å²) >= 11 is 0. The van der Waals surface area contributed by atoms with E-state index in [1.165, 1.54) is 18.2 Å². The maximum atomic E-state index is 12.5. The SMILES string of the molecule is [2H]C1([2H])CC2=C3[C@@H](CCC2=CC1=O)[C@@H]1CC[C@@](O)(C#CC)[C@@]1(C)C[C@@H]3c1ccc(N(C([2H])([2H])[2H])C([2H])([2H])[2H])cc1. The van der Waals surface area contributed by atoms with Crippen molar-refractivity contribution >= 4 is 11.5 Å².